The van der Waals surface area contributed by atoms with E-state index in [9.17, 15) is 22.8 Å². The Kier molecular flexibility index (Phi) is 6.88. The number of hydrogen-bond donors (Lipinski definition) is 1. The van der Waals surface area contributed by atoms with Gasteiger partial charge < -0.3 is 4.57 Å². The summed E-state index contributed by atoms with van der Waals surface area (Å²) in [6, 6.07) is 5.61. The number of carbonyl (C=O) groups excluding carboxylic acids is 1. The van der Waals surface area contributed by atoms with E-state index in [1.54, 1.807) is 13.8 Å². The van der Waals surface area contributed by atoms with Crippen molar-refractivity contribution in [2.24, 2.45) is 19.2 Å². The Balaban J connectivity index is 2.24. The van der Waals surface area contributed by atoms with E-state index in [4.69, 9.17) is 0 Å². The topological polar surface area (TPSA) is 123 Å². The van der Waals surface area contributed by atoms with E-state index in [1.807, 2.05) is 0 Å². The van der Waals surface area contributed by atoms with Gasteiger partial charge in [0, 0.05) is 38.9 Å². The lowest BCUT2D eigenvalue weighted by molar-refractivity contribution is 0.0955. The number of aromatic nitrogens is 2. The first-order chi connectivity index (χ1) is 13.6. The number of rotatable bonds is 7. The van der Waals surface area contributed by atoms with Crippen molar-refractivity contribution in [3.05, 3.63) is 62.4 Å². The first-order valence-corrected chi connectivity index (χ1v) is 10.3. The van der Waals surface area contributed by atoms with E-state index in [0.717, 1.165) is 10.8 Å². The largest absolute Gasteiger partial charge is 0.330 e. The number of nitrogens with one attached hydrogen (secondary N) is 1. The quantitative estimate of drug-likeness (QED) is 0.493. The zero-order valence-electron chi connectivity index (χ0n) is 16.6. The number of hydrazone groups is 1. The fraction of sp³-hybridized carbons (Fsp3) is 0.333. The smallest absolute Gasteiger partial charge is 0.303 e. The zero-order valence-corrected chi connectivity index (χ0v) is 17.4. The van der Waals surface area contributed by atoms with Crippen LogP contribution >= 0.6 is 0 Å². The van der Waals surface area contributed by atoms with Crippen molar-refractivity contribution in [3.63, 3.8) is 0 Å². The normalized spacial score (nSPS) is 11.9. The second-order valence-electron chi connectivity index (χ2n) is 6.16. The molecule has 1 heterocycles. The molecule has 0 aliphatic rings. The fourth-order valence-corrected chi connectivity index (χ4v) is 4.16. The van der Waals surface area contributed by atoms with Gasteiger partial charge in [0.15, 0.2) is 0 Å². The van der Waals surface area contributed by atoms with Crippen LogP contribution in [0.4, 0.5) is 0 Å². The van der Waals surface area contributed by atoms with Gasteiger partial charge in [0.2, 0.25) is 10.0 Å². The molecule has 156 valence electrons. The lowest BCUT2D eigenvalue weighted by Crippen LogP contribution is -2.38. The Morgan fingerprint density at radius 1 is 1.21 bits per heavy atom. The maximum atomic E-state index is 12.6. The average Bonchev–Trinajstić information content (AvgIpc) is 2.70. The lowest BCUT2D eigenvalue weighted by Gasteiger charge is -2.18. The predicted molar refractivity (Wildman–Crippen MR) is 109 cm³/mol. The summed E-state index contributed by atoms with van der Waals surface area (Å²) in [5.74, 6) is -0.639. The Morgan fingerprint density at radius 2 is 1.86 bits per heavy atom. The molecule has 29 heavy (non-hydrogen) atoms. The van der Waals surface area contributed by atoms with Crippen molar-refractivity contribution in [3.8, 4) is 0 Å². The number of hydrogen-bond acceptors (Lipinski definition) is 6. The molecule has 0 radical (unpaired) electrons. The monoisotopic (exact) mass is 421 g/mol. The lowest BCUT2D eigenvalue weighted by atomic mass is 10.2. The number of amides is 1. The summed E-state index contributed by atoms with van der Waals surface area (Å²) in [6.45, 7) is 4.09. The molecule has 11 heteroatoms. The van der Waals surface area contributed by atoms with Crippen molar-refractivity contribution >= 4 is 22.1 Å². The minimum Gasteiger partial charge on any atom is -0.303 e. The van der Waals surface area contributed by atoms with Gasteiger partial charge >= 0.3 is 5.69 Å². The van der Waals surface area contributed by atoms with Gasteiger partial charge in [-0.1, -0.05) is 19.9 Å². The molecule has 1 amide bonds. The average molecular weight is 421 g/mol. The highest BCUT2D eigenvalue weighted by molar-refractivity contribution is 7.89. The highest BCUT2D eigenvalue weighted by Crippen LogP contribution is 2.16. The number of sulfonamides is 1. The molecule has 0 bridgehead atoms. The minimum atomic E-state index is -3.70. The molecule has 2 aromatic rings. The summed E-state index contributed by atoms with van der Waals surface area (Å²) in [4.78, 5) is 36.0. The molecule has 1 N–H and O–H groups in total. The first-order valence-electron chi connectivity index (χ1n) is 8.83. The highest BCUT2D eigenvalue weighted by atomic mass is 32.2. The third kappa shape index (κ3) is 4.69. The molecule has 0 unspecified atom stereocenters. The van der Waals surface area contributed by atoms with Crippen molar-refractivity contribution in [2.75, 3.05) is 13.1 Å². The number of nitrogens with zero attached hydrogens (tertiary/aromatic N) is 4. The molecule has 0 saturated carbocycles. The maximum absolute atomic E-state index is 12.6. The van der Waals surface area contributed by atoms with Crippen LogP contribution in [0, 0.1) is 0 Å². The van der Waals surface area contributed by atoms with Crippen molar-refractivity contribution < 1.29 is 13.2 Å². The molecule has 1 aromatic carbocycles. The summed E-state index contributed by atoms with van der Waals surface area (Å²) in [6.07, 6.45) is 2.42. The van der Waals surface area contributed by atoms with E-state index in [0.29, 0.717) is 13.1 Å². The number of aryl methyl sites for hydroxylation is 1. The van der Waals surface area contributed by atoms with Crippen molar-refractivity contribution in [2.45, 2.75) is 18.7 Å². The molecule has 2 rings (SSSR count). The van der Waals surface area contributed by atoms with Gasteiger partial charge in [-0.15, -0.1) is 0 Å². The van der Waals surface area contributed by atoms with E-state index >= 15 is 0 Å². The van der Waals surface area contributed by atoms with Gasteiger partial charge in [-0.3, -0.25) is 14.2 Å². The van der Waals surface area contributed by atoms with Gasteiger partial charge in [-0.25, -0.2) is 18.6 Å². The van der Waals surface area contributed by atoms with Crippen LogP contribution in [0.2, 0.25) is 0 Å². The molecule has 0 aliphatic carbocycles. The standard InChI is InChI=1S/C18H23N5O5S/c1-5-23(6-2)29(27,28)15-9-7-8-13(10-15)16(24)20-19-11-14-12-21(3)18(26)22(4)17(14)25/h7-12H,5-6H2,1-4H3,(H,20,24)/b19-11+. The Bertz CT molecular complexity index is 1160. The van der Waals surface area contributed by atoms with E-state index in [2.05, 4.69) is 10.5 Å². The molecule has 1 aromatic heterocycles. The van der Waals surface area contributed by atoms with E-state index < -0.39 is 27.2 Å². The van der Waals surface area contributed by atoms with E-state index in [1.165, 1.54) is 53.4 Å². The summed E-state index contributed by atoms with van der Waals surface area (Å²) in [7, 11) is -0.880. The Morgan fingerprint density at radius 3 is 2.48 bits per heavy atom. The molecular formula is C18H23N5O5S. The van der Waals surface area contributed by atoms with Crippen LogP contribution in [0.1, 0.15) is 29.8 Å². The van der Waals surface area contributed by atoms with Crippen LogP contribution in [-0.4, -0.2) is 47.1 Å². The van der Waals surface area contributed by atoms with E-state index in [-0.39, 0.29) is 16.0 Å². The zero-order chi connectivity index (χ0) is 21.8. The Labute approximate surface area is 168 Å². The van der Waals surface area contributed by atoms with Crippen molar-refractivity contribution in [1.82, 2.24) is 18.9 Å². The summed E-state index contributed by atoms with van der Waals surface area (Å²) >= 11 is 0. The second-order valence-corrected chi connectivity index (χ2v) is 8.10. The Hall–Kier alpha value is -3.05. The van der Waals surface area contributed by atoms with Crippen LogP contribution in [-0.2, 0) is 24.1 Å². The number of benzene rings is 1. The van der Waals surface area contributed by atoms with Crippen LogP contribution in [0.3, 0.4) is 0 Å². The third-order valence-corrected chi connectivity index (χ3v) is 6.33. The van der Waals surface area contributed by atoms with Crippen LogP contribution in [0.5, 0.6) is 0 Å². The third-order valence-electron chi connectivity index (χ3n) is 4.28. The summed E-state index contributed by atoms with van der Waals surface area (Å²) < 4.78 is 28.6. The van der Waals surface area contributed by atoms with Gasteiger partial charge in [0.05, 0.1) is 16.7 Å². The molecular weight excluding hydrogens is 398 g/mol. The number of carbonyl (C=O) groups is 1. The molecule has 10 nitrogen and oxygen atoms in total. The maximum Gasteiger partial charge on any atom is 0.330 e. The van der Waals surface area contributed by atoms with Gasteiger partial charge in [0.1, 0.15) is 0 Å². The SMILES string of the molecule is CCN(CC)S(=O)(=O)c1cccc(C(=O)N/N=C/c2cn(C)c(=O)n(C)c2=O)c1. The van der Waals surface area contributed by atoms with Crippen LogP contribution < -0.4 is 16.7 Å². The molecule has 0 fully saturated rings. The van der Waals surface area contributed by atoms with Crippen LogP contribution in [0.25, 0.3) is 0 Å². The predicted octanol–water partition coefficient (Wildman–Crippen LogP) is -0.122. The second kappa shape index (κ2) is 8.97. The molecule has 0 aliphatic heterocycles. The molecule has 0 spiro atoms. The highest BCUT2D eigenvalue weighted by Gasteiger charge is 2.22. The minimum absolute atomic E-state index is 0.00441. The van der Waals surface area contributed by atoms with Gasteiger partial charge in [0.25, 0.3) is 11.5 Å². The summed E-state index contributed by atoms with van der Waals surface area (Å²) in [5.41, 5.74) is 1.41. The first kappa shape index (κ1) is 22.2. The van der Waals surface area contributed by atoms with Crippen LogP contribution in [0.15, 0.2) is 50.0 Å². The fourth-order valence-electron chi connectivity index (χ4n) is 2.66. The van der Waals surface area contributed by atoms with Gasteiger partial charge in [-0.2, -0.15) is 9.41 Å². The van der Waals surface area contributed by atoms with Crippen molar-refractivity contribution in [1.29, 1.82) is 0 Å². The molecule has 0 saturated heterocycles. The van der Waals surface area contributed by atoms with Gasteiger partial charge in [-0.05, 0) is 18.2 Å². The molecule has 0 atom stereocenters. The summed E-state index contributed by atoms with van der Waals surface area (Å²) in [5, 5.41) is 3.74.